The van der Waals surface area contributed by atoms with Gasteiger partial charge in [-0.1, -0.05) is 60.1 Å². The number of ketones is 2. The second-order valence-corrected chi connectivity index (χ2v) is 14.0. The van der Waals surface area contributed by atoms with Crippen LogP contribution in [0.1, 0.15) is 103 Å². The molecule has 0 aliphatic heterocycles. The summed E-state index contributed by atoms with van der Waals surface area (Å²) in [6.07, 6.45) is -0.648. The number of methoxy groups -OCH3 is 1. The van der Waals surface area contributed by atoms with Crippen molar-refractivity contribution in [3.63, 3.8) is 0 Å². The Balaban J connectivity index is 1.79. The van der Waals surface area contributed by atoms with Crippen LogP contribution < -0.4 is 0 Å². The minimum absolute atomic E-state index is 0.0484. The molecule has 0 amide bonds. The fourth-order valence-corrected chi connectivity index (χ4v) is 9.20. The zero-order valence-electron chi connectivity index (χ0n) is 30.0. The van der Waals surface area contributed by atoms with Crippen LogP contribution in [0.5, 0.6) is 0 Å². The summed E-state index contributed by atoms with van der Waals surface area (Å²) < 4.78 is 65.2. The van der Waals surface area contributed by atoms with E-state index in [0.29, 0.717) is 12.8 Å². The molecule has 0 aromatic carbocycles. The number of carbonyl (C=O) groups is 3. The van der Waals surface area contributed by atoms with Crippen molar-refractivity contribution in [2.75, 3.05) is 7.04 Å². The Labute approximate surface area is 231 Å². The molecule has 0 aromatic heterocycles. The molecular weight excluding hydrogens is 462 g/mol. The summed E-state index contributed by atoms with van der Waals surface area (Å²) >= 11 is 0. The van der Waals surface area contributed by atoms with E-state index in [4.69, 9.17) is 8.85 Å². The molecule has 5 aliphatic rings. The zero-order chi connectivity index (χ0) is 33.5. The van der Waals surface area contributed by atoms with Crippen molar-refractivity contribution in [2.24, 2.45) is 50.2 Å². The molecule has 0 spiro atoms. The Bertz CT molecular complexity index is 1470. The van der Waals surface area contributed by atoms with E-state index in [1.165, 1.54) is 6.08 Å². The van der Waals surface area contributed by atoms with E-state index < -0.39 is 75.9 Å². The van der Waals surface area contributed by atoms with Crippen LogP contribution in [0.3, 0.4) is 0 Å². The SMILES string of the molecule is [2H]C([2H])([2H])OC(=O)[C@@]12CC[C@]3(C)[C@H](C(=O)C=C4[C@@]5(C)C=C(C#N)C(=O)C(C)(C)[C@@H]5CC[C@]43C)[C@@H]1C([2H])([2H])C(C)(C)CC2([2H])[2H]. The van der Waals surface area contributed by atoms with E-state index >= 15 is 0 Å². The third-order valence-electron chi connectivity index (χ3n) is 11.4. The number of nitriles is 1. The lowest BCUT2D eigenvalue weighted by Gasteiger charge is -2.68. The molecule has 5 nitrogen and oxygen atoms in total. The quantitative estimate of drug-likeness (QED) is 0.381. The third kappa shape index (κ3) is 3.11. The number of allylic oxidation sites excluding steroid dienone is 4. The molecule has 0 radical (unpaired) electrons. The Hall–Kier alpha value is -2.22. The summed E-state index contributed by atoms with van der Waals surface area (Å²) in [5.41, 5.74) is -6.09. The van der Waals surface area contributed by atoms with Crippen molar-refractivity contribution in [3.8, 4) is 6.07 Å². The molecule has 0 aromatic rings. The van der Waals surface area contributed by atoms with E-state index in [1.807, 2.05) is 34.6 Å². The highest BCUT2D eigenvalue weighted by atomic mass is 16.5. The van der Waals surface area contributed by atoms with Crippen LogP contribution in [0.4, 0.5) is 0 Å². The van der Waals surface area contributed by atoms with Gasteiger partial charge in [0.25, 0.3) is 0 Å². The van der Waals surface area contributed by atoms with E-state index in [1.54, 1.807) is 19.9 Å². The molecule has 0 unspecified atom stereocenters. The highest BCUT2D eigenvalue weighted by molar-refractivity contribution is 6.04. The maximum atomic E-state index is 14.7. The summed E-state index contributed by atoms with van der Waals surface area (Å²) in [6, 6.07) is 2.07. The minimum atomic E-state index is -3.18. The molecule has 3 saturated carbocycles. The first kappa shape index (κ1) is 18.9. The number of ether oxygens (including phenoxy) is 1. The van der Waals surface area contributed by atoms with Gasteiger partial charge in [0, 0.05) is 22.2 Å². The van der Waals surface area contributed by atoms with Crippen LogP contribution in [0, 0.1) is 61.6 Å². The predicted octanol–water partition coefficient (Wildman–Crippen LogP) is 6.38. The number of nitrogens with zero attached hydrogens (tertiary/aromatic N) is 1. The van der Waals surface area contributed by atoms with Gasteiger partial charge in [0.05, 0.1) is 22.1 Å². The topological polar surface area (TPSA) is 84.2 Å². The fraction of sp³-hybridized carbons (Fsp3) is 0.750. The monoisotopic (exact) mass is 512 g/mol. The maximum absolute atomic E-state index is 14.7. The summed E-state index contributed by atoms with van der Waals surface area (Å²) in [5.74, 6) is -4.87. The van der Waals surface area contributed by atoms with Gasteiger partial charge in [0.15, 0.2) is 11.6 Å². The van der Waals surface area contributed by atoms with Crippen molar-refractivity contribution in [3.05, 3.63) is 23.3 Å². The molecule has 7 atom stereocenters. The Morgan fingerprint density at radius 2 is 1.81 bits per heavy atom. The summed E-state index contributed by atoms with van der Waals surface area (Å²) in [7, 11) is -3.18. The highest BCUT2D eigenvalue weighted by Gasteiger charge is 2.71. The number of Topliss-reactive ketones (excluding diaryl/α,β-unsaturated/α-hetero) is 1. The van der Waals surface area contributed by atoms with Crippen molar-refractivity contribution in [1.29, 1.82) is 5.26 Å². The molecule has 0 N–H and O–H groups in total. The molecule has 0 bridgehead atoms. The Morgan fingerprint density at radius 3 is 2.46 bits per heavy atom. The van der Waals surface area contributed by atoms with Crippen molar-refractivity contribution < 1.29 is 28.7 Å². The smallest absolute Gasteiger partial charge is 0.312 e. The average molecular weight is 513 g/mol. The minimum Gasteiger partial charge on any atom is -0.469 e. The van der Waals surface area contributed by atoms with Crippen molar-refractivity contribution in [2.45, 2.75) is 93.3 Å². The van der Waals surface area contributed by atoms with Gasteiger partial charge in [-0.25, -0.2) is 0 Å². The second kappa shape index (κ2) is 7.67. The highest BCUT2D eigenvalue weighted by Crippen LogP contribution is 2.74. The lowest BCUT2D eigenvalue weighted by atomic mass is 9.34. The van der Waals surface area contributed by atoms with Crippen LogP contribution in [-0.2, 0) is 19.1 Å². The first-order valence-corrected chi connectivity index (χ1v) is 13.4. The summed E-state index contributed by atoms with van der Waals surface area (Å²) in [6.45, 7) is 12.8. The number of hydrogen-bond acceptors (Lipinski definition) is 5. The van der Waals surface area contributed by atoms with Gasteiger partial charge in [0.1, 0.15) is 6.07 Å². The van der Waals surface area contributed by atoms with Gasteiger partial charge in [-0.2, -0.15) is 5.26 Å². The average Bonchev–Trinajstić information content (AvgIpc) is 2.85. The van der Waals surface area contributed by atoms with Crippen LogP contribution in [0.2, 0.25) is 0 Å². The number of esters is 1. The molecular formula is C32H43NO4. The molecule has 37 heavy (non-hydrogen) atoms. The van der Waals surface area contributed by atoms with Crippen LogP contribution in [-0.4, -0.2) is 24.6 Å². The predicted molar refractivity (Wildman–Crippen MR) is 141 cm³/mol. The lowest BCUT2D eigenvalue weighted by Crippen LogP contribution is -2.65. The van der Waals surface area contributed by atoms with Gasteiger partial charge < -0.3 is 4.74 Å². The Kier molecular flexibility index (Phi) is 3.93. The molecule has 0 saturated heterocycles. The van der Waals surface area contributed by atoms with Gasteiger partial charge >= 0.3 is 5.97 Å². The number of hydrogen-bond donors (Lipinski definition) is 0. The van der Waals surface area contributed by atoms with Crippen molar-refractivity contribution in [1.82, 2.24) is 0 Å². The summed E-state index contributed by atoms with van der Waals surface area (Å²) in [4.78, 5) is 41.9. The van der Waals surface area contributed by atoms with Gasteiger partial charge in [-0.05, 0) is 79.0 Å². The third-order valence-corrected chi connectivity index (χ3v) is 11.4. The molecule has 5 heteroatoms. The van der Waals surface area contributed by atoms with Crippen LogP contribution in [0.25, 0.3) is 0 Å². The van der Waals surface area contributed by atoms with Crippen LogP contribution in [0.15, 0.2) is 23.3 Å². The van der Waals surface area contributed by atoms with Gasteiger partial charge in [-0.3, -0.25) is 14.4 Å². The molecule has 5 aliphatic carbocycles. The van der Waals surface area contributed by atoms with Gasteiger partial charge in [-0.15, -0.1) is 0 Å². The number of fused-ring (bicyclic) bond motifs is 7. The van der Waals surface area contributed by atoms with E-state index in [-0.39, 0.29) is 36.5 Å². The van der Waals surface area contributed by atoms with E-state index in [9.17, 15) is 25.1 Å². The normalized spacial score (nSPS) is 51.5. The largest absolute Gasteiger partial charge is 0.469 e. The van der Waals surface area contributed by atoms with Crippen LogP contribution >= 0.6 is 0 Å². The molecule has 3 fully saturated rings. The molecule has 200 valence electrons. The zero-order valence-corrected chi connectivity index (χ0v) is 23.0. The fourth-order valence-electron chi connectivity index (χ4n) is 9.20. The summed E-state index contributed by atoms with van der Waals surface area (Å²) in [5, 5.41) is 9.91. The first-order chi connectivity index (χ1) is 19.7. The Morgan fingerprint density at radius 1 is 1.11 bits per heavy atom. The molecule has 0 heterocycles. The first-order valence-electron chi connectivity index (χ1n) is 16.9. The molecule has 5 rings (SSSR count). The van der Waals surface area contributed by atoms with Crippen molar-refractivity contribution >= 4 is 17.5 Å². The maximum Gasteiger partial charge on any atom is 0.312 e. The number of carbonyl (C=O) groups excluding carboxylic acids is 3. The van der Waals surface area contributed by atoms with Gasteiger partial charge in [0.2, 0.25) is 0 Å². The number of rotatable bonds is 1. The second-order valence-electron chi connectivity index (χ2n) is 14.0. The van der Waals surface area contributed by atoms with E-state index in [2.05, 4.69) is 6.07 Å². The van der Waals surface area contributed by atoms with E-state index in [0.717, 1.165) is 5.57 Å². The standard InChI is InChI=1S/C32H43NO4/c1-27(2)11-13-32(26(36)37-8)14-12-31(7)24(20(32)17-27)21(34)15-23-29(5)16-19(18-33)25(35)28(3,4)22(29)9-10-30(23,31)6/h15-16,20,22,24H,9-14,17H2,1-8H3/t20-,22-,24-,29-,30+,31+,32-/m0/s1/i8D3,13D2,17D2. The lowest BCUT2D eigenvalue weighted by molar-refractivity contribution is -0.191.